The molecule has 0 radical (unpaired) electrons. The van der Waals surface area contributed by atoms with Gasteiger partial charge in [0.2, 0.25) is 5.95 Å². The third kappa shape index (κ3) is 4.30. The van der Waals surface area contributed by atoms with Crippen molar-refractivity contribution in [3.63, 3.8) is 0 Å². The quantitative estimate of drug-likeness (QED) is 0.782. The van der Waals surface area contributed by atoms with Gasteiger partial charge in [-0.1, -0.05) is 33.1 Å². The molecule has 0 saturated heterocycles. The van der Waals surface area contributed by atoms with E-state index < -0.39 is 0 Å². The summed E-state index contributed by atoms with van der Waals surface area (Å²) < 4.78 is 8.25. The molecule has 21 heavy (non-hydrogen) atoms. The number of ether oxygens (including phenoxy) is 1. The summed E-state index contributed by atoms with van der Waals surface area (Å²) in [5.41, 5.74) is 0. The number of hydrogen-bond acceptors (Lipinski definition) is 4. The van der Waals surface area contributed by atoms with Gasteiger partial charge in [0, 0.05) is 26.2 Å². The van der Waals surface area contributed by atoms with Gasteiger partial charge in [-0.15, -0.1) is 5.10 Å². The summed E-state index contributed by atoms with van der Waals surface area (Å²) in [6.45, 7) is 6.98. The molecule has 120 valence electrons. The Morgan fingerprint density at radius 1 is 1.38 bits per heavy atom. The first-order valence-corrected chi connectivity index (χ1v) is 8.45. The lowest BCUT2D eigenvalue weighted by molar-refractivity contribution is 0.203. The monoisotopic (exact) mass is 312 g/mol. The van der Waals surface area contributed by atoms with Crippen LogP contribution in [0.1, 0.15) is 52.0 Å². The Labute approximate surface area is 132 Å². The first-order chi connectivity index (χ1) is 10.1. The number of anilines is 1. The molecule has 0 amide bonds. The van der Waals surface area contributed by atoms with E-state index in [4.69, 9.17) is 17.0 Å². The Morgan fingerprint density at radius 2 is 2.10 bits per heavy atom. The predicted octanol–water partition coefficient (Wildman–Crippen LogP) is 3.55. The van der Waals surface area contributed by atoms with Crippen molar-refractivity contribution in [2.75, 3.05) is 31.7 Å². The number of aromatic nitrogens is 3. The van der Waals surface area contributed by atoms with Crippen molar-refractivity contribution in [1.82, 2.24) is 14.8 Å². The minimum Gasteiger partial charge on any atom is -0.383 e. The Morgan fingerprint density at radius 3 is 2.71 bits per heavy atom. The SMILES string of the molecule is COCCN(CC(C)C)c1n[nH]c(=S)n1C1CCCCC1. The Kier molecular flexibility index (Phi) is 6.23. The molecule has 0 atom stereocenters. The zero-order chi connectivity index (χ0) is 15.2. The highest BCUT2D eigenvalue weighted by Gasteiger charge is 2.23. The van der Waals surface area contributed by atoms with Gasteiger partial charge < -0.3 is 9.64 Å². The summed E-state index contributed by atoms with van der Waals surface area (Å²) in [6.07, 6.45) is 6.34. The van der Waals surface area contributed by atoms with E-state index in [2.05, 4.69) is 33.5 Å². The van der Waals surface area contributed by atoms with Crippen LogP contribution in [-0.4, -0.2) is 41.6 Å². The smallest absolute Gasteiger partial charge is 0.226 e. The van der Waals surface area contributed by atoms with Gasteiger partial charge in [0.05, 0.1) is 6.61 Å². The van der Waals surface area contributed by atoms with Gasteiger partial charge in [-0.05, 0) is 31.0 Å². The summed E-state index contributed by atoms with van der Waals surface area (Å²) in [5.74, 6) is 1.56. The predicted molar refractivity (Wildman–Crippen MR) is 88.5 cm³/mol. The molecule has 1 heterocycles. The van der Waals surface area contributed by atoms with Crippen LogP contribution in [0.3, 0.4) is 0 Å². The van der Waals surface area contributed by atoms with E-state index in [1.54, 1.807) is 7.11 Å². The maximum atomic E-state index is 5.49. The molecular formula is C15H28N4OS. The summed E-state index contributed by atoms with van der Waals surface area (Å²) >= 11 is 5.49. The molecule has 5 nitrogen and oxygen atoms in total. The minimum absolute atomic E-state index is 0.497. The number of hydrogen-bond donors (Lipinski definition) is 1. The van der Waals surface area contributed by atoms with E-state index in [-0.39, 0.29) is 0 Å². The van der Waals surface area contributed by atoms with Crippen LogP contribution in [0.15, 0.2) is 0 Å². The highest BCUT2D eigenvalue weighted by molar-refractivity contribution is 7.71. The average Bonchev–Trinajstić information content (AvgIpc) is 2.85. The fraction of sp³-hybridized carbons (Fsp3) is 0.867. The van der Waals surface area contributed by atoms with Gasteiger partial charge >= 0.3 is 0 Å². The largest absolute Gasteiger partial charge is 0.383 e. The van der Waals surface area contributed by atoms with Crippen molar-refractivity contribution in [2.45, 2.75) is 52.0 Å². The summed E-state index contributed by atoms with van der Waals surface area (Å²) in [6, 6.07) is 0.497. The molecule has 6 heteroatoms. The normalized spacial score (nSPS) is 16.6. The van der Waals surface area contributed by atoms with Crippen LogP contribution in [-0.2, 0) is 4.74 Å². The van der Waals surface area contributed by atoms with Crippen molar-refractivity contribution in [3.05, 3.63) is 4.77 Å². The highest BCUT2D eigenvalue weighted by atomic mass is 32.1. The van der Waals surface area contributed by atoms with Crippen LogP contribution in [0, 0.1) is 10.7 Å². The van der Waals surface area contributed by atoms with Crippen molar-refractivity contribution < 1.29 is 4.74 Å². The van der Waals surface area contributed by atoms with E-state index in [1.807, 2.05) is 0 Å². The lowest BCUT2D eigenvalue weighted by Crippen LogP contribution is -2.34. The molecule has 0 bridgehead atoms. The van der Waals surface area contributed by atoms with E-state index in [9.17, 15) is 0 Å². The van der Waals surface area contributed by atoms with Crippen LogP contribution in [0.4, 0.5) is 5.95 Å². The molecule has 1 saturated carbocycles. The van der Waals surface area contributed by atoms with Gasteiger partial charge in [-0.2, -0.15) is 0 Å². The summed E-state index contributed by atoms with van der Waals surface area (Å²) in [5, 5.41) is 7.51. The number of nitrogens with one attached hydrogen (secondary N) is 1. The third-order valence-corrected chi connectivity index (χ3v) is 4.35. The second-order valence-electron chi connectivity index (χ2n) is 6.32. The van der Waals surface area contributed by atoms with Crippen molar-refractivity contribution in [1.29, 1.82) is 0 Å². The molecule has 2 rings (SSSR count). The number of nitrogens with zero attached hydrogens (tertiary/aromatic N) is 3. The number of H-pyrrole nitrogens is 1. The van der Waals surface area contributed by atoms with Crippen molar-refractivity contribution in [3.8, 4) is 0 Å². The average molecular weight is 312 g/mol. The molecule has 1 N–H and O–H groups in total. The maximum Gasteiger partial charge on any atom is 0.226 e. The van der Waals surface area contributed by atoms with Gasteiger partial charge in [0.15, 0.2) is 4.77 Å². The molecule has 1 aliphatic rings. The van der Waals surface area contributed by atoms with Crippen molar-refractivity contribution >= 4 is 18.2 Å². The van der Waals surface area contributed by atoms with E-state index >= 15 is 0 Å². The molecular weight excluding hydrogens is 284 g/mol. The van der Waals surface area contributed by atoms with Gasteiger partial charge in [0.25, 0.3) is 0 Å². The molecule has 0 aliphatic heterocycles. The van der Waals surface area contributed by atoms with Gasteiger partial charge in [-0.3, -0.25) is 4.57 Å². The Hall–Kier alpha value is -0.880. The third-order valence-electron chi connectivity index (χ3n) is 4.06. The first kappa shape index (κ1) is 16.5. The number of methoxy groups -OCH3 is 1. The standard InChI is InChI=1S/C15H28N4OS/c1-12(2)11-18(9-10-20-3)14-16-17-15(21)19(14)13-7-5-4-6-8-13/h12-13H,4-11H2,1-3H3,(H,17,21). The number of rotatable bonds is 7. The number of aromatic amines is 1. The van der Waals surface area contributed by atoms with Crippen LogP contribution in [0.2, 0.25) is 0 Å². The van der Waals surface area contributed by atoms with E-state index in [0.717, 1.165) is 23.8 Å². The lowest BCUT2D eigenvalue weighted by Gasteiger charge is -2.30. The van der Waals surface area contributed by atoms with Gasteiger partial charge in [0.1, 0.15) is 0 Å². The fourth-order valence-corrected chi connectivity index (χ4v) is 3.38. The molecule has 1 fully saturated rings. The lowest BCUT2D eigenvalue weighted by atomic mass is 9.95. The molecule has 0 aromatic carbocycles. The molecule has 0 unspecified atom stereocenters. The highest BCUT2D eigenvalue weighted by Crippen LogP contribution is 2.31. The second-order valence-corrected chi connectivity index (χ2v) is 6.71. The molecule has 0 spiro atoms. The second kappa shape index (κ2) is 7.94. The van der Waals surface area contributed by atoms with Crippen LogP contribution < -0.4 is 4.90 Å². The molecule has 1 aromatic rings. The van der Waals surface area contributed by atoms with Crippen molar-refractivity contribution in [2.24, 2.45) is 5.92 Å². The Bertz CT molecular complexity index is 476. The minimum atomic E-state index is 0.497. The van der Waals surface area contributed by atoms with Crippen LogP contribution >= 0.6 is 12.2 Å². The fourth-order valence-electron chi connectivity index (χ4n) is 3.10. The van der Waals surface area contributed by atoms with Crippen LogP contribution in [0.5, 0.6) is 0 Å². The van der Waals surface area contributed by atoms with E-state index in [1.165, 1.54) is 32.1 Å². The zero-order valence-corrected chi connectivity index (χ0v) is 14.3. The van der Waals surface area contributed by atoms with Gasteiger partial charge in [-0.25, -0.2) is 5.10 Å². The van der Waals surface area contributed by atoms with E-state index in [0.29, 0.717) is 18.6 Å². The topological polar surface area (TPSA) is 46.1 Å². The summed E-state index contributed by atoms with van der Waals surface area (Å²) in [7, 11) is 1.74. The van der Waals surface area contributed by atoms with Crippen LogP contribution in [0.25, 0.3) is 0 Å². The first-order valence-electron chi connectivity index (χ1n) is 8.04. The molecule has 1 aromatic heterocycles. The zero-order valence-electron chi connectivity index (χ0n) is 13.5. The maximum absolute atomic E-state index is 5.49. The molecule has 1 aliphatic carbocycles. The summed E-state index contributed by atoms with van der Waals surface area (Å²) in [4.78, 5) is 2.30. The Balaban J connectivity index is 2.24.